The first-order valence-electron chi connectivity index (χ1n) is 8.69. The molecule has 4 heteroatoms. The Morgan fingerprint density at radius 1 is 1.29 bits per heavy atom. The molecule has 3 atom stereocenters. The van der Waals surface area contributed by atoms with E-state index in [0.29, 0.717) is 24.1 Å². The highest BCUT2D eigenvalue weighted by Gasteiger charge is 2.48. The number of morpholine rings is 1. The zero-order chi connectivity index (χ0) is 14.9. The van der Waals surface area contributed by atoms with E-state index in [1.807, 2.05) is 0 Å². The number of hydrogen-bond donors (Lipinski definition) is 1. The van der Waals surface area contributed by atoms with Gasteiger partial charge in [0.25, 0.3) is 0 Å². The molecule has 0 aromatic carbocycles. The smallest absolute Gasteiger partial charge is 0.122 e. The summed E-state index contributed by atoms with van der Waals surface area (Å²) in [5, 5.41) is 13.5. The first kappa shape index (κ1) is 15.3. The molecule has 3 rings (SSSR count). The molecular formula is C17H29N3O. The third-order valence-electron chi connectivity index (χ3n) is 5.32. The summed E-state index contributed by atoms with van der Waals surface area (Å²) < 4.78 is 5.97. The van der Waals surface area contributed by atoms with Gasteiger partial charge in [-0.25, -0.2) is 0 Å². The van der Waals surface area contributed by atoms with E-state index in [-0.39, 0.29) is 5.54 Å². The van der Waals surface area contributed by atoms with Gasteiger partial charge in [0.2, 0.25) is 0 Å². The lowest BCUT2D eigenvalue weighted by Crippen LogP contribution is -2.62. The van der Waals surface area contributed by atoms with Crippen LogP contribution < -0.4 is 5.32 Å². The quantitative estimate of drug-likeness (QED) is 0.844. The molecule has 2 saturated carbocycles. The van der Waals surface area contributed by atoms with Crippen LogP contribution in [0, 0.1) is 17.2 Å². The van der Waals surface area contributed by atoms with Crippen LogP contribution in [0.3, 0.4) is 0 Å². The molecule has 1 N–H and O–H groups in total. The lowest BCUT2D eigenvalue weighted by Gasteiger charge is -2.47. The summed E-state index contributed by atoms with van der Waals surface area (Å²) in [5.74, 6) is 0.537. The van der Waals surface area contributed by atoms with Crippen molar-refractivity contribution in [1.29, 1.82) is 5.26 Å². The Morgan fingerprint density at radius 2 is 2.05 bits per heavy atom. The summed E-state index contributed by atoms with van der Waals surface area (Å²) in [6.45, 7) is 6.98. The maximum Gasteiger partial charge on any atom is 0.122 e. The zero-order valence-electron chi connectivity index (χ0n) is 13.5. The van der Waals surface area contributed by atoms with E-state index in [1.54, 1.807) is 0 Å². The van der Waals surface area contributed by atoms with Crippen LogP contribution in [-0.4, -0.2) is 48.3 Å². The number of nitriles is 1. The van der Waals surface area contributed by atoms with Crippen molar-refractivity contribution in [1.82, 2.24) is 10.2 Å². The molecule has 0 bridgehead atoms. The van der Waals surface area contributed by atoms with E-state index in [2.05, 4.69) is 30.1 Å². The molecule has 0 radical (unpaired) electrons. The van der Waals surface area contributed by atoms with Gasteiger partial charge in [0.15, 0.2) is 0 Å². The van der Waals surface area contributed by atoms with Gasteiger partial charge in [-0.05, 0) is 45.4 Å². The second-order valence-electron chi connectivity index (χ2n) is 7.39. The molecule has 0 amide bonds. The maximum absolute atomic E-state index is 9.89. The van der Waals surface area contributed by atoms with Crippen LogP contribution in [-0.2, 0) is 4.74 Å². The molecule has 118 valence electrons. The normalized spacial score (nSPS) is 33.2. The summed E-state index contributed by atoms with van der Waals surface area (Å²) in [7, 11) is 0. The standard InChI is InChI=1S/C17H29N3O/c1-13(2)19-17(11-18,14-7-8-14)12-20-9-10-21-16-6-4-3-5-15(16)20/h13-16,19H,3-10,12H2,1-2H3. The molecule has 1 saturated heterocycles. The van der Waals surface area contributed by atoms with Gasteiger partial charge in [0.1, 0.15) is 5.54 Å². The lowest BCUT2D eigenvalue weighted by atomic mass is 9.87. The Balaban J connectivity index is 1.73. The van der Waals surface area contributed by atoms with Crippen molar-refractivity contribution in [3.63, 3.8) is 0 Å². The summed E-state index contributed by atoms with van der Waals surface area (Å²) in [5.41, 5.74) is -0.354. The van der Waals surface area contributed by atoms with Gasteiger partial charge >= 0.3 is 0 Å². The maximum atomic E-state index is 9.89. The summed E-state index contributed by atoms with van der Waals surface area (Å²) >= 11 is 0. The lowest BCUT2D eigenvalue weighted by molar-refractivity contribution is -0.0937. The largest absolute Gasteiger partial charge is 0.375 e. The van der Waals surface area contributed by atoms with Crippen molar-refractivity contribution in [3.05, 3.63) is 0 Å². The zero-order valence-corrected chi connectivity index (χ0v) is 13.5. The van der Waals surface area contributed by atoms with Crippen LogP contribution in [0.1, 0.15) is 52.4 Å². The van der Waals surface area contributed by atoms with Gasteiger partial charge < -0.3 is 4.74 Å². The number of fused-ring (bicyclic) bond motifs is 1. The Kier molecular flexibility index (Phi) is 4.54. The van der Waals surface area contributed by atoms with Crippen LogP contribution in [0.5, 0.6) is 0 Å². The average molecular weight is 291 g/mol. The van der Waals surface area contributed by atoms with E-state index < -0.39 is 0 Å². The van der Waals surface area contributed by atoms with Crippen molar-refractivity contribution < 1.29 is 4.74 Å². The fourth-order valence-electron chi connectivity index (χ4n) is 4.24. The van der Waals surface area contributed by atoms with Crippen molar-refractivity contribution in [2.45, 2.75) is 76.1 Å². The summed E-state index contributed by atoms with van der Waals surface area (Å²) in [6.07, 6.45) is 7.84. The van der Waals surface area contributed by atoms with Crippen LogP contribution in [0.25, 0.3) is 0 Å². The number of nitrogens with one attached hydrogen (secondary N) is 1. The predicted molar refractivity (Wildman–Crippen MR) is 82.9 cm³/mol. The van der Waals surface area contributed by atoms with Gasteiger partial charge in [0, 0.05) is 25.2 Å². The first-order chi connectivity index (χ1) is 10.1. The first-order valence-corrected chi connectivity index (χ1v) is 8.69. The predicted octanol–water partition coefficient (Wildman–Crippen LogP) is 2.30. The molecule has 1 heterocycles. The van der Waals surface area contributed by atoms with E-state index >= 15 is 0 Å². The molecule has 21 heavy (non-hydrogen) atoms. The average Bonchev–Trinajstić information content (AvgIpc) is 3.31. The third kappa shape index (κ3) is 3.26. The molecule has 0 aromatic rings. The number of rotatable bonds is 5. The topological polar surface area (TPSA) is 48.3 Å². The molecule has 2 aliphatic carbocycles. The molecule has 3 aliphatic rings. The van der Waals surface area contributed by atoms with Crippen molar-refractivity contribution in [3.8, 4) is 6.07 Å². The van der Waals surface area contributed by atoms with Crippen LogP contribution >= 0.6 is 0 Å². The summed E-state index contributed by atoms with van der Waals surface area (Å²) in [6, 6.07) is 3.55. The monoisotopic (exact) mass is 291 g/mol. The van der Waals surface area contributed by atoms with Crippen LogP contribution in [0.2, 0.25) is 0 Å². The van der Waals surface area contributed by atoms with Gasteiger partial charge in [-0.2, -0.15) is 5.26 Å². The number of hydrogen-bond acceptors (Lipinski definition) is 4. The molecule has 3 unspecified atom stereocenters. The second-order valence-corrected chi connectivity index (χ2v) is 7.39. The minimum atomic E-state index is -0.354. The highest BCUT2D eigenvalue weighted by molar-refractivity contribution is 5.17. The molecule has 4 nitrogen and oxygen atoms in total. The van der Waals surface area contributed by atoms with E-state index in [1.165, 1.54) is 38.5 Å². The van der Waals surface area contributed by atoms with Crippen molar-refractivity contribution in [2.75, 3.05) is 19.7 Å². The molecular weight excluding hydrogens is 262 g/mol. The van der Waals surface area contributed by atoms with Crippen molar-refractivity contribution >= 4 is 0 Å². The highest BCUT2D eigenvalue weighted by Crippen LogP contribution is 2.41. The molecule has 0 spiro atoms. The Labute approximate surface area is 128 Å². The number of nitrogens with zero attached hydrogens (tertiary/aromatic N) is 2. The molecule has 1 aliphatic heterocycles. The highest BCUT2D eigenvalue weighted by atomic mass is 16.5. The minimum absolute atomic E-state index is 0.354. The van der Waals surface area contributed by atoms with E-state index in [9.17, 15) is 5.26 Å². The SMILES string of the molecule is CC(C)NC(C#N)(CN1CCOC2CCCCC21)C1CC1. The van der Waals surface area contributed by atoms with Gasteiger partial charge in [-0.15, -0.1) is 0 Å². The van der Waals surface area contributed by atoms with E-state index in [4.69, 9.17) is 4.74 Å². The van der Waals surface area contributed by atoms with Gasteiger partial charge in [0.05, 0.1) is 18.8 Å². The van der Waals surface area contributed by atoms with Crippen LogP contribution in [0.15, 0.2) is 0 Å². The molecule has 3 fully saturated rings. The fraction of sp³-hybridized carbons (Fsp3) is 0.941. The molecule has 0 aromatic heterocycles. The van der Waals surface area contributed by atoms with Gasteiger partial charge in [-0.3, -0.25) is 10.2 Å². The van der Waals surface area contributed by atoms with Crippen molar-refractivity contribution in [2.24, 2.45) is 5.92 Å². The Morgan fingerprint density at radius 3 is 2.71 bits per heavy atom. The minimum Gasteiger partial charge on any atom is -0.375 e. The fourth-order valence-corrected chi connectivity index (χ4v) is 4.24. The third-order valence-corrected chi connectivity index (χ3v) is 5.32. The summed E-state index contributed by atoms with van der Waals surface area (Å²) in [4.78, 5) is 2.56. The van der Waals surface area contributed by atoms with Crippen LogP contribution in [0.4, 0.5) is 0 Å². The van der Waals surface area contributed by atoms with Gasteiger partial charge in [-0.1, -0.05) is 12.8 Å². The number of ether oxygens (including phenoxy) is 1. The second kappa shape index (κ2) is 6.24. The Bertz CT molecular complexity index is 399. The Hall–Kier alpha value is -0.630. The van der Waals surface area contributed by atoms with E-state index in [0.717, 1.165) is 19.7 Å².